The van der Waals surface area contributed by atoms with E-state index < -0.39 is 17.7 Å². The lowest BCUT2D eigenvalue weighted by atomic mass is 10.1. The van der Waals surface area contributed by atoms with Crippen LogP contribution in [0.15, 0.2) is 36.4 Å². The molecule has 0 aliphatic heterocycles. The van der Waals surface area contributed by atoms with Gasteiger partial charge in [-0.05, 0) is 25.1 Å². The van der Waals surface area contributed by atoms with Crippen molar-refractivity contribution < 1.29 is 18.6 Å². The fourth-order valence-electron chi connectivity index (χ4n) is 1.91. The number of nitrogens with zero attached hydrogens (tertiary/aromatic N) is 1. The van der Waals surface area contributed by atoms with Gasteiger partial charge in [0.2, 0.25) is 0 Å². The van der Waals surface area contributed by atoms with Gasteiger partial charge in [-0.3, -0.25) is 0 Å². The molecule has 21 heavy (non-hydrogen) atoms. The molecule has 0 amide bonds. The van der Waals surface area contributed by atoms with Gasteiger partial charge in [-0.25, -0.2) is 8.78 Å². The van der Waals surface area contributed by atoms with E-state index in [-0.39, 0.29) is 23.5 Å². The maximum atomic E-state index is 13.9. The number of rotatable bonds is 4. The molecule has 0 aliphatic carbocycles. The Morgan fingerprint density at radius 3 is 2.71 bits per heavy atom. The molecule has 0 spiro atoms. The Hall–Kier alpha value is -2.45. The molecule has 0 saturated carbocycles. The summed E-state index contributed by atoms with van der Waals surface area (Å²) < 4.78 is 32.5. The molecule has 0 aliphatic rings. The van der Waals surface area contributed by atoms with E-state index >= 15 is 0 Å². The van der Waals surface area contributed by atoms with E-state index in [9.17, 15) is 13.9 Å². The molecular weight excluding hydrogens is 276 g/mol. The summed E-state index contributed by atoms with van der Waals surface area (Å²) in [5.74, 6) is -1.03. The summed E-state index contributed by atoms with van der Waals surface area (Å²) in [5.41, 5.74) is 0.522. The number of hydrogen-bond acceptors (Lipinski definition) is 3. The Labute approximate surface area is 121 Å². The Kier molecular flexibility index (Phi) is 4.51. The first-order valence-electron chi connectivity index (χ1n) is 6.30. The average Bonchev–Trinajstić information content (AvgIpc) is 2.46. The van der Waals surface area contributed by atoms with E-state index in [1.165, 1.54) is 31.2 Å². The molecule has 0 heterocycles. The van der Waals surface area contributed by atoms with E-state index in [1.54, 1.807) is 12.1 Å². The zero-order chi connectivity index (χ0) is 15.4. The van der Waals surface area contributed by atoms with E-state index in [0.717, 1.165) is 6.07 Å². The van der Waals surface area contributed by atoms with Crippen LogP contribution < -0.4 is 4.74 Å². The van der Waals surface area contributed by atoms with Gasteiger partial charge >= 0.3 is 0 Å². The summed E-state index contributed by atoms with van der Waals surface area (Å²) in [7, 11) is 0. The predicted molar refractivity (Wildman–Crippen MR) is 72.5 cm³/mol. The van der Waals surface area contributed by atoms with Gasteiger partial charge in [0, 0.05) is 17.2 Å². The Morgan fingerprint density at radius 1 is 1.29 bits per heavy atom. The van der Waals surface area contributed by atoms with Gasteiger partial charge in [-0.15, -0.1) is 0 Å². The molecule has 0 bridgehead atoms. The second-order valence-electron chi connectivity index (χ2n) is 4.54. The van der Waals surface area contributed by atoms with Crippen molar-refractivity contribution in [3.05, 3.63) is 64.7 Å². The van der Waals surface area contributed by atoms with Crippen LogP contribution >= 0.6 is 0 Å². The molecule has 0 unspecified atom stereocenters. The molecule has 2 aromatic carbocycles. The first kappa shape index (κ1) is 14.9. The fraction of sp³-hybridized carbons (Fsp3) is 0.188. The van der Waals surface area contributed by atoms with Crippen LogP contribution in [0.2, 0.25) is 0 Å². The van der Waals surface area contributed by atoms with Gasteiger partial charge in [-0.1, -0.05) is 12.1 Å². The van der Waals surface area contributed by atoms with E-state index in [4.69, 9.17) is 10.00 Å². The summed E-state index contributed by atoms with van der Waals surface area (Å²) in [6.07, 6.45) is -0.837. The van der Waals surface area contributed by atoms with Crippen molar-refractivity contribution in [3.63, 3.8) is 0 Å². The summed E-state index contributed by atoms with van der Waals surface area (Å²) in [6, 6.07) is 9.89. The lowest BCUT2D eigenvalue weighted by molar-refractivity contribution is 0.189. The third kappa shape index (κ3) is 3.36. The van der Waals surface area contributed by atoms with Crippen molar-refractivity contribution in [1.82, 2.24) is 0 Å². The minimum absolute atomic E-state index is 0.0777. The van der Waals surface area contributed by atoms with E-state index in [1.807, 2.05) is 0 Å². The topological polar surface area (TPSA) is 53.2 Å². The first-order chi connectivity index (χ1) is 10.0. The number of ether oxygens (including phenoxy) is 1. The highest BCUT2D eigenvalue weighted by atomic mass is 19.1. The Balaban J connectivity index is 2.25. The first-order valence-corrected chi connectivity index (χ1v) is 6.30. The molecule has 2 aromatic rings. The minimum atomic E-state index is -0.837. The Morgan fingerprint density at radius 2 is 2.05 bits per heavy atom. The minimum Gasteiger partial charge on any atom is -0.488 e. The van der Waals surface area contributed by atoms with Crippen molar-refractivity contribution in [3.8, 4) is 11.8 Å². The molecule has 1 N–H and O–H groups in total. The molecule has 108 valence electrons. The molecule has 0 aromatic heterocycles. The van der Waals surface area contributed by atoms with Gasteiger partial charge in [0.15, 0.2) is 0 Å². The molecule has 0 fully saturated rings. The summed E-state index contributed by atoms with van der Waals surface area (Å²) >= 11 is 0. The van der Waals surface area contributed by atoms with Gasteiger partial charge in [0.05, 0.1) is 11.7 Å². The third-order valence-corrected chi connectivity index (χ3v) is 3.01. The number of aliphatic hydroxyl groups excluding tert-OH is 1. The van der Waals surface area contributed by atoms with Crippen LogP contribution in [0.4, 0.5) is 8.78 Å². The molecule has 1 atom stereocenters. The quantitative estimate of drug-likeness (QED) is 0.937. The second-order valence-corrected chi connectivity index (χ2v) is 4.54. The van der Waals surface area contributed by atoms with Crippen LogP contribution in [0.3, 0.4) is 0 Å². The zero-order valence-electron chi connectivity index (χ0n) is 11.3. The van der Waals surface area contributed by atoms with Crippen molar-refractivity contribution >= 4 is 0 Å². The lowest BCUT2D eigenvalue weighted by Gasteiger charge is -2.14. The maximum absolute atomic E-state index is 13.9. The standard InChI is InChI=1S/C16H13F2NO2/c1-10(20)14-6-5-13(17)7-15(14)21-9-12-4-2-3-11(8-19)16(12)18/h2-7,10,20H,9H2,1H3/t10-/m0/s1. The largest absolute Gasteiger partial charge is 0.488 e. The fourth-order valence-corrected chi connectivity index (χ4v) is 1.91. The SMILES string of the molecule is C[C@H](O)c1ccc(F)cc1OCc1cccc(C#N)c1F. The number of hydrogen-bond donors (Lipinski definition) is 1. The average molecular weight is 289 g/mol. The molecule has 3 nitrogen and oxygen atoms in total. The number of nitriles is 1. The van der Waals surface area contributed by atoms with Crippen LogP contribution in [0.25, 0.3) is 0 Å². The maximum Gasteiger partial charge on any atom is 0.147 e. The molecule has 5 heteroatoms. The third-order valence-electron chi connectivity index (χ3n) is 3.01. The zero-order valence-corrected chi connectivity index (χ0v) is 11.3. The monoisotopic (exact) mass is 289 g/mol. The predicted octanol–water partition coefficient (Wildman–Crippen LogP) is 3.47. The van der Waals surface area contributed by atoms with Crippen molar-refractivity contribution in [1.29, 1.82) is 5.26 Å². The van der Waals surface area contributed by atoms with Gasteiger partial charge in [0.1, 0.15) is 30.1 Å². The van der Waals surface area contributed by atoms with Crippen molar-refractivity contribution in [2.75, 3.05) is 0 Å². The van der Waals surface area contributed by atoms with Crippen molar-refractivity contribution in [2.24, 2.45) is 0 Å². The van der Waals surface area contributed by atoms with Crippen LogP contribution in [-0.2, 0) is 6.61 Å². The lowest BCUT2D eigenvalue weighted by Crippen LogP contribution is -2.04. The highest BCUT2D eigenvalue weighted by Gasteiger charge is 2.13. The van der Waals surface area contributed by atoms with Gasteiger partial charge in [0.25, 0.3) is 0 Å². The molecule has 0 radical (unpaired) electrons. The number of aliphatic hydroxyl groups is 1. The van der Waals surface area contributed by atoms with E-state index in [0.29, 0.717) is 5.56 Å². The van der Waals surface area contributed by atoms with Crippen LogP contribution in [-0.4, -0.2) is 5.11 Å². The summed E-state index contributed by atoms with van der Waals surface area (Å²) in [5, 5.41) is 18.4. The normalized spacial score (nSPS) is 11.8. The number of benzene rings is 2. The highest BCUT2D eigenvalue weighted by molar-refractivity contribution is 5.37. The molecule has 2 rings (SSSR count). The highest BCUT2D eigenvalue weighted by Crippen LogP contribution is 2.27. The van der Waals surface area contributed by atoms with Gasteiger partial charge < -0.3 is 9.84 Å². The Bertz CT molecular complexity index is 693. The molecular formula is C16H13F2NO2. The summed E-state index contributed by atoms with van der Waals surface area (Å²) in [4.78, 5) is 0. The summed E-state index contributed by atoms with van der Waals surface area (Å²) in [6.45, 7) is 1.36. The second kappa shape index (κ2) is 6.33. The van der Waals surface area contributed by atoms with Crippen LogP contribution in [0, 0.1) is 23.0 Å². The van der Waals surface area contributed by atoms with Gasteiger partial charge in [-0.2, -0.15) is 5.26 Å². The number of halogens is 2. The van der Waals surface area contributed by atoms with Crippen molar-refractivity contribution in [2.45, 2.75) is 19.6 Å². The smallest absolute Gasteiger partial charge is 0.147 e. The van der Waals surface area contributed by atoms with Crippen LogP contribution in [0.1, 0.15) is 29.7 Å². The molecule has 0 saturated heterocycles. The van der Waals surface area contributed by atoms with Crippen LogP contribution in [0.5, 0.6) is 5.75 Å². The van der Waals surface area contributed by atoms with E-state index in [2.05, 4.69) is 0 Å².